The quantitative estimate of drug-likeness (QED) is 0.352. The summed E-state index contributed by atoms with van der Waals surface area (Å²) in [5.41, 5.74) is 0. The van der Waals surface area contributed by atoms with E-state index in [4.69, 9.17) is 9.47 Å². The molecular weight excluding hydrogens is 409 g/mol. The van der Waals surface area contributed by atoms with Crippen molar-refractivity contribution in [2.75, 3.05) is 33.1 Å². The molecule has 152 valence electrons. The van der Waals surface area contributed by atoms with Crippen LogP contribution in [0.4, 0.5) is 4.39 Å². The van der Waals surface area contributed by atoms with Crippen LogP contribution in [0.2, 0.25) is 0 Å². The Morgan fingerprint density at radius 1 is 1.14 bits per heavy atom. The molecule has 2 aromatic carbocycles. The lowest BCUT2D eigenvalue weighted by atomic mass is 10.3. The SMILES string of the molecule is COC(=O)COc1ccc(SCCNS(=O)(=O)c2ccc(OC)cc2)cc1F. The number of thioether (sulfide) groups is 1. The first-order valence-electron chi connectivity index (χ1n) is 8.11. The van der Waals surface area contributed by atoms with Gasteiger partial charge >= 0.3 is 5.97 Å². The third-order valence-corrected chi connectivity index (χ3v) is 5.98. The van der Waals surface area contributed by atoms with Gasteiger partial charge in [-0.2, -0.15) is 0 Å². The number of nitrogens with one attached hydrogen (secondary N) is 1. The van der Waals surface area contributed by atoms with Gasteiger partial charge in [-0.1, -0.05) is 0 Å². The standard InChI is InChI=1S/C18H20FNO6S2/c1-24-13-3-6-15(7-4-13)28(22,23)20-9-10-27-14-5-8-17(16(19)11-14)26-12-18(21)25-2/h3-8,11,20H,9-10,12H2,1-2H3. The first kappa shape index (κ1) is 22.0. The summed E-state index contributed by atoms with van der Waals surface area (Å²) in [7, 11) is -0.917. The van der Waals surface area contributed by atoms with Gasteiger partial charge in [-0.15, -0.1) is 11.8 Å². The van der Waals surface area contributed by atoms with E-state index in [-0.39, 0.29) is 23.8 Å². The predicted octanol–water partition coefficient (Wildman–Crippen LogP) is 2.46. The third-order valence-electron chi connectivity index (χ3n) is 3.51. The average Bonchev–Trinajstić information content (AvgIpc) is 2.70. The molecule has 0 unspecified atom stereocenters. The molecule has 0 heterocycles. The number of carbonyl (C=O) groups excluding carboxylic acids is 1. The maximum absolute atomic E-state index is 14.0. The zero-order chi connectivity index (χ0) is 20.6. The molecule has 0 spiro atoms. The van der Waals surface area contributed by atoms with Crippen molar-refractivity contribution >= 4 is 27.8 Å². The maximum atomic E-state index is 14.0. The van der Waals surface area contributed by atoms with Crippen molar-refractivity contribution in [3.8, 4) is 11.5 Å². The molecular formula is C18H20FNO6S2. The second kappa shape index (κ2) is 10.3. The Morgan fingerprint density at radius 2 is 1.86 bits per heavy atom. The Balaban J connectivity index is 1.84. The van der Waals surface area contributed by atoms with E-state index in [0.717, 1.165) is 0 Å². The minimum absolute atomic E-state index is 0.0602. The van der Waals surface area contributed by atoms with E-state index in [0.29, 0.717) is 16.4 Å². The van der Waals surface area contributed by atoms with Crippen LogP contribution in [0, 0.1) is 5.82 Å². The lowest BCUT2D eigenvalue weighted by Crippen LogP contribution is -2.26. The van der Waals surface area contributed by atoms with Gasteiger partial charge in [0.2, 0.25) is 10.0 Å². The van der Waals surface area contributed by atoms with Gasteiger partial charge in [0.1, 0.15) is 5.75 Å². The summed E-state index contributed by atoms with van der Waals surface area (Å²) in [6.07, 6.45) is 0. The Hall–Kier alpha value is -2.30. The minimum Gasteiger partial charge on any atom is -0.497 e. The van der Waals surface area contributed by atoms with Crippen LogP contribution in [-0.2, 0) is 19.6 Å². The summed E-state index contributed by atoms with van der Waals surface area (Å²) in [4.78, 5) is 11.8. The molecule has 0 aliphatic heterocycles. The molecule has 1 N–H and O–H groups in total. The smallest absolute Gasteiger partial charge is 0.343 e. The fraction of sp³-hybridized carbons (Fsp3) is 0.278. The normalized spacial score (nSPS) is 11.1. The van der Waals surface area contributed by atoms with E-state index in [9.17, 15) is 17.6 Å². The largest absolute Gasteiger partial charge is 0.497 e. The Morgan fingerprint density at radius 3 is 2.46 bits per heavy atom. The molecule has 10 heteroatoms. The molecule has 0 saturated heterocycles. The molecule has 28 heavy (non-hydrogen) atoms. The molecule has 0 atom stereocenters. The summed E-state index contributed by atoms with van der Waals surface area (Å²) in [6, 6.07) is 10.3. The number of hydrogen-bond acceptors (Lipinski definition) is 7. The fourth-order valence-electron chi connectivity index (χ4n) is 2.07. The first-order valence-corrected chi connectivity index (χ1v) is 10.6. The highest BCUT2D eigenvalue weighted by molar-refractivity contribution is 7.99. The molecule has 7 nitrogen and oxygen atoms in total. The molecule has 0 aliphatic rings. The molecule has 0 aliphatic carbocycles. The molecule has 0 fully saturated rings. The fourth-order valence-corrected chi connectivity index (χ4v) is 4.02. The van der Waals surface area contributed by atoms with Gasteiger partial charge in [0.25, 0.3) is 0 Å². The summed E-state index contributed by atoms with van der Waals surface area (Å²) in [5.74, 6) is -0.322. The molecule has 0 bridgehead atoms. The topological polar surface area (TPSA) is 90.9 Å². The molecule has 2 aromatic rings. The van der Waals surface area contributed by atoms with E-state index in [1.807, 2.05) is 0 Å². The van der Waals surface area contributed by atoms with Gasteiger partial charge in [-0.3, -0.25) is 0 Å². The second-order valence-corrected chi connectivity index (χ2v) is 8.31. The monoisotopic (exact) mass is 429 g/mol. The van der Waals surface area contributed by atoms with Gasteiger partial charge in [0, 0.05) is 17.2 Å². The second-order valence-electron chi connectivity index (χ2n) is 5.38. The molecule has 2 rings (SSSR count). The van der Waals surface area contributed by atoms with E-state index in [2.05, 4.69) is 9.46 Å². The maximum Gasteiger partial charge on any atom is 0.343 e. The third kappa shape index (κ3) is 6.39. The van der Waals surface area contributed by atoms with Gasteiger partial charge < -0.3 is 14.2 Å². The van der Waals surface area contributed by atoms with Crippen molar-refractivity contribution in [3.63, 3.8) is 0 Å². The van der Waals surface area contributed by atoms with Gasteiger partial charge in [0.05, 0.1) is 19.1 Å². The summed E-state index contributed by atoms with van der Waals surface area (Å²) < 4.78 is 55.3. The molecule has 0 saturated carbocycles. The highest BCUT2D eigenvalue weighted by atomic mass is 32.2. The van der Waals surface area contributed by atoms with Crippen molar-refractivity contribution in [2.45, 2.75) is 9.79 Å². The van der Waals surface area contributed by atoms with Crippen molar-refractivity contribution in [3.05, 3.63) is 48.3 Å². The van der Waals surface area contributed by atoms with E-state index < -0.39 is 21.8 Å². The molecule has 0 radical (unpaired) electrons. The van der Waals surface area contributed by atoms with Crippen LogP contribution in [0.3, 0.4) is 0 Å². The number of sulfonamides is 1. The zero-order valence-corrected chi connectivity index (χ0v) is 16.9. The predicted molar refractivity (Wildman–Crippen MR) is 103 cm³/mol. The number of rotatable bonds is 10. The number of esters is 1. The van der Waals surface area contributed by atoms with Crippen LogP contribution in [-0.4, -0.2) is 47.5 Å². The lowest BCUT2D eigenvalue weighted by Gasteiger charge is -2.09. The number of carbonyl (C=O) groups is 1. The first-order chi connectivity index (χ1) is 13.4. The summed E-state index contributed by atoms with van der Waals surface area (Å²) >= 11 is 1.28. The Kier molecular flexibility index (Phi) is 8.09. The zero-order valence-electron chi connectivity index (χ0n) is 15.3. The Labute approximate surface area is 167 Å². The number of benzene rings is 2. The van der Waals surface area contributed by atoms with Crippen molar-refractivity contribution < 1.29 is 31.8 Å². The van der Waals surface area contributed by atoms with Crippen molar-refractivity contribution in [1.29, 1.82) is 0 Å². The average molecular weight is 429 g/mol. The number of methoxy groups -OCH3 is 2. The van der Waals surface area contributed by atoms with Crippen molar-refractivity contribution in [2.24, 2.45) is 0 Å². The van der Waals surface area contributed by atoms with Crippen LogP contribution in [0.5, 0.6) is 11.5 Å². The van der Waals surface area contributed by atoms with E-state index in [1.54, 1.807) is 18.2 Å². The van der Waals surface area contributed by atoms with Crippen LogP contribution < -0.4 is 14.2 Å². The Bertz CT molecular complexity index is 903. The van der Waals surface area contributed by atoms with Gasteiger partial charge in [-0.05, 0) is 42.5 Å². The highest BCUT2D eigenvalue weighted by Crippen LogP contribution is 2.25. The van der Waals surface area contributed by atoms with Crippen LogP contribution in [0.15, 0.2) is 52.3 Å². The van der Waals surface area contributed by atoms with Crippen LogP contribution in [0.25, 0.3) is 0 Å². The minimum atomic E-state index is -3.63. The summed E-state index contributed by atoms with van der Waals surface area (Å²) in [6.45, 7) is -0.214. The summed E-state index contributed by atoms with van der Waals surface area (Å²) in [5, 5.41) is 0. The van der Waals surface area contributed by atoms with Gasteiger partial charge in [-0.25, -0.2) is 22.3 Å². The van der Waals surface area contributed by atoms with Crippen LogP contribution >= 0.6 is 11.8 Å². The molecule has 0 amide bonds. The number of hydrogen-bond donors (Lipinski definition) is 1. The van der Waals surface area contributed by atoms with Gasteiger partial charge in [0.15, 0.2) is 18.2 Å². The number of halogens is 1. The lowest BCUT2D eigenvalue weighted by molar-refractivity contribution is -0.142. The highest BCUT2D eigenvalue weighted by Gasteiger charge is 2.13. The van der Waals surface area contributed by atoms with E-state index in [1.165, 1.54) is 50.2 Å². The van der Waals surface area contributed by atoms with Crippen LogP contribution in [0.1, 0.15) is 0 Å². The number of ether oxygens (including phenoxy) is 3. The van der Waals surface area contributed by atoms with E-state index >= 15 is 0 Å². The molecule has 0 aromatic heterocycles. The van der Waals surface area contributed by atoms with Crippen molar-refractivity contribution in [1.82, 2.24) is 4.72 Å².